The van der Waals surface area contributed by atoms with E-state index >= 15 is 8.78 Å². The van der Waals surface area contributed by atoms with Crippen molar-refractivity contribution in [2.45, 2.75) is 92.9 Å². The van der Waals surface area contributed by atoms with Crippen LogP contribution < -0.4 is 9.47 Å². The normalized spacial score (nSPS) is 12.5. The number of phenolic OH excluding ortho intramolecular Hbond substituents is 2. The highest BCUT2D eigenvalue weighted by molar-refractivity contribution is 6.15. The molecule has 0 bridgehead atoms. The van der Waals surface area contributed by atoms with Crippen molar-refractivity contribution in [3.8, 4) is 67.5 Å². The van der Waals surface area contributed by atoms with Crippen LogP contribution in [0.15, 0.2) is 170 Å². The van der Waals surface area contributed by atoms with Crippen molar-refractivity contribution < 1.29 is 28.5 Å². The van der Waals surface area contributed by atoms with E-state index in [-0.39, 0.29) is 51.5 Å². The summed E-state index contributed by atoms with van der Waals surface area (Å²) in [5.74, 6) is -0.487. The van der Waals surface area contributed by atoms with Gasteiger partial charge in [0, 0.05) is 44.5 Å². The number of benzene rings is 10. The zero-order valence-electron chi connectivity index (χ0n) is 44.8. The molecule has 6 heteroatoms. The summed E-state index contributed by atoms with van der Waals surface area (Å²) in [6.45, 7) is 21.8. The minimum absolute atomic E-state index is 0.0106. The average molecular weight is 997 g/mol. The van der Waals surface area contributed by atoms with Crippen LogP contribution in [0.5, 0.6) is 23.0 Å². The first kappa shape index (κ1) is 50.8. The Morgan fingerprint density at radius 1 is 0.360 bits per heavy atom. The van der Waals surface area contributed by atoms with Gasteiger partial charge in [0.05, 0.1) is 0 Å². The Bertz CT molecular complexity index is 3480. The smallest absolute Gasteiger partial charge is 0.230 e. The molecule has 0 aliphatic heterocycles. The quantitative estimate of drug-likeness (QED) is 0.0946. The van der Waals surface area contributed by atoms with E-state index < -0.39 is 11.6 Å². The van der Waals surface area contributed by atoms with Crippen molar-refractivity contribution in [3.63, 3.8) is 0 Å². The summed E-state index contributed by atoms with van der Waals surface area (Å²) in [6.07, 6.45) is 1.65. The van der Waals surface area contributed by atoms with Crippen LogP contribution in [0.2, 0.25) is 0 Å². The van der Waals surface area contributed by atoms with Gasteiger partial charge in [0.15, 0.2) is 0 Å². The molecule has 0 heterocycles. The van der Waals surface area contributed by atoms with Crippen LogP contribution >= 0.6 is 0 Å². The maximum atomic E-state index is 15.8. The molecular formula is C69H66F2O4. The third kappa shape index (κ3) is 10.2. The molecule has 0 fully saturated rings. The number of hydrogen-bond acceptors (Lipinski definition) is 4. The van der Waals surface area contributed by atoms with Crippen LogP contribution in [-0.4, -0.2) is 17.0 Å². The topological polar surface area (TPSA) is 58.9 Å². The van der Waals surface area contributed by atoms with E-state index in [4.69, 9.17) is 9.47 Å². The van der Waals surface area contributed by atoms with Crippen LogP contribution in [0, 0.1) is 22.5 Å². The third-order valence-electron chi connectivity index (χ3n) is 14.7. The van der Waals surface area contributed by atoms with Gasteiger partial charge in [-0.2, -0.15) is 0 Å². The lowest BCUT2D eigenvalue weighted by Crippen LogP contribution is -2.25. The van der Waals surface area contributed by atoms with E-state index in [0.29, 0.717) is 33.4 Å². The number of ether oxygens (including phenoxy) is 2. The van der Waals surface area contributed by atoms with E-state index in [0.717, 1.165) is 78.2 Å². The third-order valence-corrected chi connectivity index (χ3v) is 14.7. The Labute approximate surface area is 440 Å². The predicted molar refractivity (Wildman–Crippen MR) is 308 cm³/mol. The van der Waals surface area contributed by atoms with Gasteiger partial charge >= 0.3 is 0 Å². The Hall–Kier alpha value is -7.70. The molecule has 10 rings (SSSR count). The summed E-state index contributed by atoms with van der Waals surface area (Å²) in [6, 6.07) is 53.7. The maximum absolute atomic E-state index is 15.8. The highest BCUT2D eigenvalue weighted by Crippen LogP contribution is 2.52. The van der Waals surface area contributed by atoms with Crippen molar-refractivity contribution in [2.75, 3.05) is 6.79 Å². The van der Waals surface area contributed by atoms with Crippen LogP contribution in [-0.2, 0) is 10.8 Å². The van der Waals surface area contributed by atoms with Gasteiger partial charge in [0.25, 0.3) is 0 Å². The number of hydrogen-bond donors (Lipinski definition) is 2. The molecule has 0 unspecified atom stereocenters. The Kier molecular flexibility index (Phi) is 13.0. The first-order chi connectivity index (χ1) is 35.5. The molecule has 75 heavy (non-hydrogen) atoms. The molecule has 0 aliphatic rings. The zero-order chi connectivity index (χ0) is 53.2. The summed E-state index contributed by atoms with van der Waals surface area (Å²) < 4.78 is 44.6. The Morgan fingerprint density at radius 3 is 0.987 bits per heavy atom. The van der Waals surface area contributed by atoms with Crippen LogP contribution in [0.3, 0.4) is 0 Å². The molecule has 0 radical (unpaired) electrons. The molecule has 380 valence electrons. The van der Waals surface area contributed by atoms with Crippen LogP contribution in [0.25, 0.3) is 87.6 Å². The lowest BCUT2D eigenvalue weighted by Gasteiger charge is -2.34. The number of rotatable bonds is 12. The van der Waals surface area contributed by atoms with E-state index in [9.17, 15) is 10.2 Å². The SMILES string of the molecule is CC(C)(C)CC(C)(C)c1cc(-c2cc(F)ccc2OCOc2ccc(F)cc2-c2cc(C(C)(C)CC(C)(C)C)cc(-c3c4ccccc4cc4ccccc34)c2O)c(O)c(-c2c3ccccc3cc3ccccc23)c1. The molecule has 0 atom stereocenters. The van der Waals surface area contributed by atoms with Gasteiger partial charge in [-0.15, -0.1) is 0 Å². The second kappa shape index (κ2) is 19.2. The number of phenols is 2. The second-order valence-electron chi connectivity index (χ2n) is 24.2. The molecule has 0 saturated heterocycles. The van der Waals surface area contributed by atoms with E-state index in [1.165, 1.54) is 24.3 Å². The molecule has 10 aromatic rings. The average Bonchev–Trinajstić information content (AvgIpc) is 3.35. The van der Waals surface area contributed by atoms with Crippen LogP contribution in [0.4, 0.5) is 8.78 Å². The van der Waals surface area contributed by atoms with Crippen molar-refractivity contribution in [2.24, 2.45) is 10.8 Å². The lowest BCUT2D eigenvalue weighted by molar-refractivity contribution is 0.120. The van der Waals surface area contributed by atoms with Gasteiger partial charge in [-0.3, -0.25) is 0 Å². The minimum Gasteiger partial charge on any atom is -0.507 e. The number of fused-ring (bicyclic) bond motifs is 4. The molecule has 4 nitrogen and oxygen atoms in total. The van der Waals surface area contributed by atoms with Gasteiger partial charge in [-0.05, 0) is 162 Å². The Balaban J connectivity index is 1.10. The van der Waals surface area contributed by atoms with E-state index in [1.807, 2.05) is 60.7 Å². The first-order valence-electron chi connectivity index (χ1n) is 26.0. The van der Waals surface area contributed by atoms with E-state index in [1.54, 1.807) is 12.1 Å². The molecule has 0 aromatic heterocycles. The highest BCUT2D eigenvalue weighted by atomic mass is 19.1. The first-order valence-corrected chi connectivity index (χ1v) is 26.0. The predicted octanol–water partition coefficient (Wildman–Crippen LogP) is 19.5. The number of aromatic hydroxyl groups is 2. The van der Waals surface area contributed by atoms with Gasteiger partial charge in [-0.1, -0.05) is 166 Å². The van der Waals surface area contributed by atoms with Crippen molar-refractivity contribution in [1.82, 2.24) is 0 Å². The molecule has 10 aromatic carbocycles. The van der Waals surface area contributed by atoms with Crippen molar-refractivity contribution in [3.05, 3.63) is 193 Å². The second-order valence-corrected chi connectivity index (χ2v) is 24.2. The lowest BCUT2D eigenvalue weighted by atomic mass is 9.71. The fourth-order valence-corrected chi connectivity index (χ4v) is 12.1. The van der Waals surface area contributed by atoms with E-state index in [2.05, 4.69) is 142 Å². The van der Waals surface area contributed by atoms with Gasteiger partial charge < -0.3 is 19.7 Å². The minimum atomic E-state index is -0.505. The number of halogens is 2. The van der Waals surface area contributed by atoms with Gasteiger partial charge in [0.1, 0.15) is 34.6 Å². The summed E-state index contributed by atoms with van der Waals surface area (Å²) in [7, 11) is 0. The summed E-state index contributed by atoms with van der Waals surface area (Å²) in [4.78, 5) is 0. The highest BCUT2D eigenvalue weighted by Gasteiger charge is 2.33. The Morgan fingerprint density at radius 2 is 0.667 bits per heavy atom. The summed E-state index contributed by atoms with van der Waals surface area (Å²) in [5.41, 5.74) is 5.64. The van der Waals surface area contributed by atoms with Crippen LogP contribution in [0.1, 0.15) is 93.2 Å². The molecule has 0 saturated carbocycles. The molecule has 2 N–H and O–H groups in total. The van der Waals surface area contributed by atoms with Gasteiger partial charge in [-0.25, -0.2) is 8.78 Å². The fourth-order valence-electron chi connectivity index (χ4n) is 12.1. The zero-order valence-corrected chi connectivity index (χ0v) is 44.8. The fraction of sp³-hybridized carbons (Fsp3) is 0.246. The summed E-state index contributed by atoms with van der Waals surface area (Å²) >= 11 is 0. The molecular weight excluding hydrogens is 931 g/mol. The van der Waals surface area contributed by atoms with Crippen molar-refractivity contribution in [1.29, 1.82) is 0 Å². The summed E-state index contributed by atoms with van der Waals surface area (Å²) in [5, 5.41) is 33.6. The standard InChI is InChI=1S/C69H66F2O4/c1-66(2,3)39-68(7,8)46-33-56(64(72)58(35-46)62-50-23-15-11-19-42(50)31-43-20-12-16-24-51(43)62)54-37-48(70)27-29-60(54)74-41-75-61-30-28-49(71)38-55(61)57-34-47(69(9,10)40-67(4,5)6)36-59(65(57)73)63-52-25-17-13-21-44(52)32-45-22-14-18-26-53(45)63/h11-38,72-73H,39-41H2,1-10H3. The molecule has 0 spiro atoms. The molecule has 0 amide bonds. The maximum Gasteiger partial charge on any atom is 0.230 e. The monoisotopic (exact) mass is 996 g/mol. The van der Waals surface area contributed by atoms with Gasteiger partial charge in [0.2, 0.25) is 6.79 Å². The van der Waals surface area contributed by atoms with Crippen molar-refractivity contribution >= 4 is 43.1 Å². The molecule has 0 aliphatic carbocycles. The largest absolute Gasteiger partial charge is 0.507 e.